The van der Waals surface area contributed by atoms with Gasteiger partial charge in [0.1, 0.15) is 16.7 Å². The van der Waals surface area contributed by atoms with Crippen molar-refractivity contribution < 1.29 is 17.7 Å². The average Bonchev–Trinajstić information content (AvgIpc) is 2.97. The number of nitrogens with zero attached hydrogens (tertiary/aromatic N) is 3. The van der Waals surface area contributed by atoms with Gasteiger partial charge in [0.05, 0.1) is 5.56 Å². The lowest BCUT2D eigenvalue weighted by Crippen LogP contribution is -2.30. The van der Waals surface area contributed by atoms with Gasteiger partial charge in [-0.3, -0.25) is 0 Å². The maximum absolute atomic E-state index is 13.1. The Morgan fingerprint density at radius 3 is 2.43 bits per heavy atom. The maximum atomic E-state index is 13.1. The number of hydrogen-bond acceptors (Lipinski definition) is 1. The van der Waals surface area contributed by atoms with Crippen LogP contribution in [0.15, 0.2) is 42.6 Å². The SMILES string of the molecule is Cc1cc2c3cccn3c3ccc(C(F)(F)F)cc3[n+]2nc1C. The van der Waals surface area contributed by atoms with Crippen molar-refractivity contribution in [2.75, 3.05) is 0 Å². The van der Waals surface area contributed by atoms with Crippen molar-refractivity contribution in [1.29, 1.82) is 0 Å². The summed E-state index contributed by atoms with van der Waals surface area (Å²) in [5.41, 5.74) is 3.92. The van der Waals surface area contributed by atoms with Gasteiger partial charge >= 0.3 is 6.18 Å². The lowest BCUT2D eigenvalue weighted by Gasteiger charge is -2.08. The largest absolute Gasteiger partial charge is 0.416 e. The average molecular weight is 316 g/mol. The minimum atomic E-state index is -4.38. The summed E-state index contributed by atoms with van der Waals surface area (Å²) in [6, 6.07) is 9.52. The van der Waals surface area contributed by atoms with Crippen LogP contribution in [0.4, 0.5) is 13.2 Å². The maximum Gasteiger partial charge on any atom is 0.416 e. The molecule has 0 bridgehead atoms. The van der Waals surface area contributed by atoms with Crippen LogP contribution in [-0.2, 0) is 6.18 Å². The van der Waals surface area contributed by atoms with Crippen LogP contribution in [0, 0.1) is 13.8 Å². The van der Waals surface area contributed by atoms with Crippen molar-refractivity contribution in [3.8, 4) is 0 Å². The Morgan fingerprint density at radius 1 is 1.00 bits per heavy atom. The molecule has 3 nitrogen and oxygen atoms in total. The Hall–Kier alpha value is -2.63. The van der Waals surface area contributed by atoms with Gasteiger partial charge in [-0.1, -0.05) is 0 Å². The summed E-state index contributed by atoms with van der Waals surface area (Å²) in [6.45, 7) is 3.79. The van der Waals surface area contributed by atoms with Crippen molar-refractivity contribution in [3.05, 3.63) is 59.4 Å². The van der Waals surface area contributed by atoms with Crippen LogP contribution >= 0.6 is 0 Å². The van der Waals surface area contributed by atoms with E-state index in [2.05, 4.69) is 5.10 Å². The van der Waals surface area contributed by atoms with Crippen molar-refractivity contribution >= 4 is 22.1 Å². The van der Waals surface area contributed by atoms with E-state index in [4.69, 9.17) is 0 Å². The lowest BCUT2D eigenvalue weighted by molar-refractivity contribution is -0.553. The molecule has 0 unspecified atom stereocenters. The van der Waals surface area contributed by atoms with Crippen LogP contribution < -0.4 is 4.52 Å². The number of alkyl halides is 3. The highest BCUT2D eigenvalue weighted by atomic mass is 19.4. The first-order valence-corrected chi connectivity index (χ1v) is 7.16. The number of halogens is 3. The zero-order chi connectivity index (χ0) is 16.4. The summed E-state index contributed by atoms with van der Waals surface area (Å²) in [4.78, 5) is 0. The second kappa shape index (κ2) is 4.44. The summed E-state index contributed by atoms with van der Waals surface area (Å²) >= 11 is 0. The summed E-state index contributed by atoms with van der Waals surface area (Å²) in [5, 5.41) is 4.49. The Bertz CT molecular complexity index is 1080. The molecule has 0 saturated heterocycles. The van der Waals surface area contributed by atoms with E-state index in [0.29, 0.717) is 11.0 Å². The molecule has 3 aromatic heterocycles. The molecule has 0 radical (unpaired) electrons. The molecule has 4 aromatic rings. The molecule has 0 aliphatic heterocycles. The van der Waals surface area contributed by atoms with Gasteiger partial charge < -0.3 is 4.40 Å². The van der Waals surface area contributed by atoms with Gasteiger partial charge in [-0.05, 0) is 48.2 Å². The quantitative estimate of drug-likeness (QED) is 0.356. The fourth-order valence-corrected chi connectivity index (χ4v) is 2.89. The van der Waals surface area contributed by atoms with Crippen LogP contribution in [0.25, 0.3) is 22.1 Å². The van der Waals surface area contributed by atoms with Gasteiger partial charge in [0, 0.05) is 23.4 Å². The first-order valence-electron chi connectivity index (χ1n) is 7.16. The molecule has 0 aliphatic rings. The number of benzene rings is 1. The third kappa shape index (κ3) is 1.98. The smallest absolute Gasteiger partial charge is 0.305 e. The number of aryl methyl sites for hydroxylation is 2. The molecule has 0 saturated carbocycles. The minimum absolute atomic E-state index is 0.432. The molecule has 3 heterocycles. The highest BCUT2D eigenvalue weighted by Crippen LogP contribution is 2.31. The second-order valence-corrected chi connectivity index (χ2v) is 5.67. The normalized spacial score (nSPS) is 12.6. The van der Waals surface area contributed by atoms with Crippen molar-refractivity contribution in [2.45, 2.75) is 20.0 Å². The summed E-state index contributed by atoms with van der Waals surface area (Å²) < 4.78 is 42.7. The summed E-state index contributed by atoms with van der Waals surface area (Å²) in [7, 11) is 0. The van der Waals surface area contributed by atoms with Gasteiger partial charge in [0.2, 0.25) is 0 Å². The van der Waals surface area contributed by atoms with E-state index in [-0.39, 0.29) is 0 Å². The molecule has 0 N–H and O–H groups in total. The summed E-state index contributed by atoms with van der Waals surface area (Å²) in [5.74, 6) is 0. The van der Waals surface area contributed by atoms with Gasteiger partial charge in [0.15, 0.2) is 0 Å². The topological polar surface area (TPSA) is 21.4 Å². The first-order chi connectivity index (χ1) is 10.9. The van der Waals surface area contributed by atoms with Crippen LogP contribution in [0.1, 0.15) is 16.8 Å². The Kier molecular flexibility index (Phi) is 2.70. The van der Waals surface area contributed by atoms with E-state index in [9.17, 15) is 13.2 Å². The monoisotopic (exact) mass is 316 g/mol. The van der Waals surface area contributed by atoms with E-state index in [0.717, 1.165) is 34.4 Å². The predicted octanol–water partition coefficient (Wildman–Crippen LogP) is 3.86. The molecule has 0 amide bonds. The second-order valence-electron chi connectivity index (χ2n) is 5.67. The number of rotatable bonds is 0. The Labute approximate surface area is 129 Å². The standard InChI is InChI=1S/C17H13F3N3/c1-10-8-15-13-4-3-7-22(13)14-6-5-12(17(18,19)20)9-16(14)23(15)21-11(10)2/h3-9H,1-2H3/q+1. The van der Waals surface area contributed by atoms with Crippen LogP contribution in [0.2, 0.25) is 0 Å². The van der Waals surface area contributed by atoms with E-state index < -0.39 is 11.7 Å². The fourth-order valence-electron chi connectivity index (χ4n) is 2.89. The van der Waals surface area contributed by atoms with Crippen LogP contribution in [0.3, 0.4) is 0 Å². The number of fused-ring (bicyclic) bond motifs is 6. The molecule has 4 rings (SSSR count). The molecule has 0 fully saturated rings. The van der Waals surface area contributed by atoms with Gasteiger partial charge in [0.25, 0.3) is 11.0 Å². The molecule has 0 atom stereocenters. The molecule has 23 heavy (non-hydrogen) atoms. The minimum Gasteiger partial charge on any atom is -0.305 e. The highest BCUT2D eigenvalue weighted by molar-refractivity contribution is 5.83. The lowest BCUT2D eigenvalue weighted by atomic mass is 10.1. The van der Waals surface area contributed by atoms with Crippen molar-refractivity contribution in [3.63, 3.8) is 0 Å². The number of hydrogen-bond donors (Lipinski definition) is 0. The van der Waals surface area contributed by atoms with E-state index in [1.807, 2.05) is 42.6 Å². The van der Waals surface area contributed by atoms with Gasteiger partial charge in [-0.15, -0.1) is 0 Å². The third-order valence-electron chi connectivity index (χ3n) is 4.20. The molecule has 0 aliphatic carbocycles. The van der Waals surface area contributed by atoms with E-state index in [1.165, 1.54) is 6.07 Å². The molecule has 116 valence electrons. The third-order valence-corrected chi connectivity index (χ3v) is 4.20. The zero-order valence-corrected chi connectivity index (χ0v) is 12.5. The molecular weight excluding hydrogens is 303 g/mol. The molecule has 1 aromatic carbocycles. The van der Waals surface area contributed by atoms with Crippen molar-refractivity contribution in [2.24, 2.45) is 0 Å². The van der Waals surface area contributed by atoms with E-state index in [1.54, 1.807) is 4.52 Å². The van der Waals surface area contributed by atoms with E-state index >= 15 is 0 Å². The van der Waals surface area contributed by atoms with Gasteiger partial charge in [-0.2, -0.15) is 13.2 Å². The first kappa shape index (κ1) is 14.0. The van der Waals surface area contributed by atoms with Crippen molar-refractivity contribution in [1.82, 2.24) is 9.50 Å². The van der Waals surface area contributed by atoms with Crippen LogP contribution in [0.5, 0.6) is 0 Å². The highest BCUT2D eigenvalue weighted by Gasteiger charge is 2.32. The Balaban J connectivity index is 2.27. The molecule has 0 spiro atoms. The summed E-state index contributed by atoms with van der Waals surface area (Å²) in [6.07, 6.45) is -2.54. The fraction of sp³-hybridized carbons (Fsp3) is 0.176. The van der Waals surface area contributed by atoms with Crippen LogP contribution in [-0.4, -0.2) is 9.50 Å². The Morgan fingerprint density at radius 2 is 1.70 bits per heavy atom. The number of aromatic nitrogens is 3. The predicted molar refractivity (Wildman–Crippen MR) is 80.3 cm³/mol. The molecule has 6 heteroatoms. The van der Waals surface area contributed by atoms with Gasteiger partial charge in [-0.25, -0.2) is 0 Å². The molecular formula is C17H13F3N3+. The zero-order valence-electron chi connectivity index (χ0n) is 12.5.